The van der Waals surface area contributed by atoms with E-state index in [1.165, 1.54) is 42.0 Å². The Labute approximate surface area is 759 Å². The molecule has 0 unspecified atom stereocenters. The van der Waals surface area contributed by atoms with Crippen LogP contribution in [-0.4, -0.2) is 118 Å². The van der Waals surface area contributed by atoms with Crippen molar-refractivity contribution in [2.75, 3.05) is 33.0 Å². The summed E-state index contributed by atoms with van der Waals surface area (Å²) in [5, 5.41) is 31.3. The third-order valence-electron chi connectivity index (χ3n) is 24.3. The van der Waals surface area contributed by atoms with E-state index in [-0.39, 0.29) is 131 Å². The average Bonchev–Trinajstić information content (AvgIpc) is 1.07. The molecule has 12 saturated carbocycles. The van der Waals surface area contributed by atoms with E-state index in [4.69, 9.17) is 74.3 Å². The Morgan fingerprint density at radius 3 is 1.27 bits per heavy atom. The molecule has 0 radical (unpaired) electrons. The molecule has 129 heavy (non-hydrogen) atoms. The van der Waals surface area contributed by atoms with Gasteiger partial charge in [-0.2, -0.15) is 26.3 Å². The van der Waals surface area contributed by atoms with Crippen LogP contribution in [0.4, 0.5) is 35.1 Å². The number of nitrogens with zero attached hydrogens (tertiary/aromatic N) is 3. The van der Waals surface area contributed by atoms with E-state index in [9.17, 15) is 73.5 Å². The van der Waals surface area contributed by atoms with Crippen LogP contribution in [0, 0.1) is 60.0 Å². The van der Waals surface area contributed by atoms with Crippen LogP contribution in [-0.2, 0) is 83.2 Å². The van der Waals surface area contributed by atoms with Gasteiger partial charge in [0, 0.05) is 86.2 Å². The van der Waals surface area contributed by atoms with Crippen LogP contribution in [0.5, 0.6) is 23.0 Å². The number of halogens is 12. The molecule has 0 spiro atoms. The minimum absolute atomic E-state index is 0.00150. The molecule has 8 bridgehead atoms. The third kappa shape index (κ3) is 22.0. The second kappa shape index (κ2) is 37.4. The number of benzene rings is 5. The van der Waals surface area contributed by atoms with Crippen molar-refractivity contribution in [3.05, 3.63) is 227 Å². The summed E-state index contributed by atoms with van der Waals surface area (Å²) >= 11 is 24.8. The second-order valence-corrected chi connectivity index (χ2v) is 37.9. The molecular formula is C91H91Cl4F8N11O14S. The summed E-state index contributed by atoms with van der Waals surface area (Å²) < 4.78 is 134. The molecule has 0 saturated heterocycles. The van der Waals surface area contributed by atoms with E-state index in [0.29, 0.717) is 135 Å². The topological polar surface area (TPSA) is 335 Å². The number of hydrogen-bond donors (Lipinski definition) is 8. The number of carbonyl (C=O) groups is 8. The fourth-order valence-electron chi connectivity index (χ4n) is 18.3. The zero-order chi connectivity index (χ0) is 92.4. The van der Waals surface area contributed by atoms with Crippen LogP contribution in [0.15, 0.2) is 148 Å². The number of ether oxygens (including phenoxy) is 4. The second-order valence-electron chi connectivity index (χ2n) is 35.4. The van der Waals surface area contributed by atoms with Crippen LogP contribution < -0.4 is 61.5 Å². The lowest BCUT2D eigenvalue weighted by molar-refractivity contribution is -0.184. The molecular weight excluding hydrogens is 1800 g/mol. The van der Waals surface area contributed by atoms with E-state index >= 15 is 0 Å². The molecule has 4 aromatic heterocycles. The van der Waals surface area contributed by atoms with Gasteiger partial charge in [-0.05, 0) is 212 Å². The summed E-state index contributed by atoms with van der Waals surface area (Å²) in [5.74, 6) is -1.09. The van der Waals surface area contributed by atoms with Gasteiger partial charge in [-0.1, -0.05) is 89.2 Å². The number of amides is 8. The van der Waals surface area contributed by atoms with Gasteiger partial charge in [0.1, 0.15) is 45.4 Å². The first kappa shape index (κ1) is 94.1. The number of nitrogens with one attached hydrogen (secondary N) is 8. The van der Waals surface area contributed by atoms with Crippen LogP contribution >= 0.6 is 57.7 Å². The first-order valence-electron chi connectivity index (χ1n) is 41.4. The molecule has 8 amide bonds. The van der Waals surface area contributed by atoms with Crippen LogP contribution in [0.3, 0.4) is 0 Å². The summed E-state index contributed by atoms with van der Waals surface area (Å²) in [6, 6.07) is 32.7. The molecule has 684 valence electrons. The smallest absolute Gasteiger partial charge is 0.449 e. The van der Waals surface area contributed by atoms with Crippen molar-refractivity contribution >= 4 is 105 Å². The molecule has 5 aromatic carbocycles. The molecule has 4 heterocycles. The monoisotopic (exact) mass is 1890 g/mol. The van der Waals surface area contributed by atoms with Crippen molar-refractivity contribution in [3.8, 4) is 33.6 Å². The molecule has 38 heteroatoms. The van der Waals surface area contributed by atoms with Gasteiger partial charge < -0.3 is 70.4 Å². The highest BCUT2D eigenvalue weighted by Crippen LogP contribution is 2.70. The number of alkyl halides is 6. The van der Waals surface area contributed by atoms with Crippen molar-refractivity contribution in [3.63, 3.8) is 0 Å². The molecule has 12 aliphatic rings. The van der Waals surface area contributed by atoms with Gasteiger partial charge in [-0.3, -0.25) is 43.3 Å². The molecule has 0 aliphatic heterocycles. The third-order valence-corrected chi connectivity index (χ3v) is 26.7. The van der Waals surface area contributed by atoms with Crippen molar-refractivity contribution in [2.24, 2.45) is 27.6 Å². The van der Waals surface area contributed by atoms with E-state index in [2.05, 4.69) is 77.6 Å². The fraction of sp³-hybridized carbons (Fsp3) is 0.418. The van der Waals surface area contributed by atoms with E-state index in [1.54, 1.807) is 47.7 Å². The molecule has 25 nitrogen and oxygen atoms in total. The van der Waals surface area contributed by atoms with Gasteiger partial charge >= 0.3 is 12.4 Å². The van der Waals surface area contributed by atoms with Crippen molar-refractivity contribution in [1.82, 2.24) is 57.7 Å². The Bertz CT molecular complexity index is 5690. The Kier molecular flexibility index (Phi) is 27.3. The molecule has 9 aromatic rings. The minimum atomic E-state index is -4.56. The van der Waals surface area contributed by atoms with E-state index in [0.717, 1.165) is 70.0 Å². The lowest BCUT2D eigenvalue weighted by Crippen LogP contribution is -2.78. The van der Waals surface area contributed by atoms with Gasteiger partial charge in [0.2, 0.25) is 29.4 Å². The average molecular weight is 1890 g/mol. The standard InChI is InChI=1S/C25H23ClFN3O3S.C23H23ClF3N3O3.C22H25ClFN3O4.C21H20ClF3N2O4/c1-15-3-2-4-16(7-15)22-29-17(11-34-22)9-28-23(32)24-12-25(13-24,14-24)30-21(31)10-33-18-5-6-19(26)20(27)8-18;1-14-8-17(4-5-18(14)24)33-10-19(31)30-22-11-21(12-22,13-22)20(32)28-7-6-16-3-2-15(9-29-16)23(25,26)27;1-13(2)5-14-6-16(31-27-14)8-25-20(29)21-10-22(11-21,12-21)26-19(28)9-30-15-3-4-17(23)18(24)7-15;1-12-6-13(2-4-15(12)22)30-8-17(28)27-20-9-19(10-20,11-20)18(29)26-7-14-3-5-16(31-14)21(23,24)25/h2-8,11H,9-10,12-14H2,1H3,(H,28,32)(H,30,31);2-5,8-9H,6-7,10-13H2,1H3,(H,28,32)(H,30,31);3-4,6-7,13H,5,8-12H2,1-2H3,(H,25,29)(H,26,28);2-6H,7-11H2,1H3,(H,26,29)(H,27,28). The van der Waals surface area contributed by atoms with Crippen LogP contribution in [0.25, 0.3) is 10.6 Å². The number of furan rings is 1. The van der Waals surface area contributed by atoms with Gasteiger partial charge in [0.05, 0.1) is 68.3 Å². The first-order chi connectivity index (χ1) is 60.9. The summed E-state index contributed by atoms with van der Waals surface area (Å²) in [6.45, 7) is 10.1. The summed E-state index contributed by atoms with van der Waals surface area (Å²) in [6.07, 6.45) is -0.221. The van der Waals surface area contributed by atoms with Crippen molar-refractivity contribution < 1.29 is 101 Å². The Morgan fingerprint density at radius 1 is 0.465 bits per heavy atom. The first-order valence-corrected chi connectivity index (χ1v) is 43.8. The van der Waals surface area contributed by atoms with Gasteiger partial charge in [-0.15, -0.1) is 11.3 Å². The maximum absolute atomic E-state index is 13.5. The van der Waals surface area contributed by atoms with Crippen molar-refractivity contribution in [1.29, 1.82) is 0 Å². The molecule has 8 N–H and O–H groups in total. The fourth-order valence-corrected chi connectivity index (χ4v) is 19.6. The Hall–Kier alpha value is -11.1. The maximum Gasteiger partial charge on any atom is 0.449 e. The number of thiazole rings is 1. The Morgan fingerprint density at radius 2 is 0.884 bits per heavy atom. The number of pyridine rings is 1. The highest BCUT2D eigenvalue weighted by molar-refractivity contribution is 7.13. The summed E-state index contributed by atoms with van der Waals surface area (Å²) in [7, 11) is 0. The highest BCUT2D eigenvalue weighted by Gasteiger charge is 2.75. The minimum Gasteiger partial charge on any atom is -0.484 e. The van der Waals surface area contributed by atoms with Gasteiger partial charge in [0.25, 0.3) is 23.6 Å². The SMILES string of the molecule is CC(C)Cc1cc(CNC(=O)C23CC(NC(=O)COc4ccc(Cl)c(F)c4)(C2)C3)on1.Cc1cc(OCC(=O)NC23CC(C(=O)NCCc4ccc(C(F)(F)F)cn4)(C2)C3)ccc1Cl.Cc1cc(OCC(=O)NC23CC(C(=O)NCc4ccc(C(F)(F)F)o4)(C2)C3)ccc1Cl.Cc1cccc(-c2nc(CNC(=O)C34CC(NC(=O)COc5ccc(Cl)c(F)c5)(C3)C4)cs2)c1. The molecule has 21 rings (SSSR count). The zero-order valence-corrected chi connectivity index (χ0v) is 74.3. The summed E-state index contributed by atoms with van der Waals surface area (Å²) in [4.78, 5) is 108. The zero-order valence-electron chi connectivity index (χ0n) is 70.4. The summed E-state index contributed by atoms with van der Waals surface area (Å²) in [5.41, 5.74) is 1.98. The predicted octanol–water partition coefficient (Wildman–Crippen LogP) is 15.9. The number of carbonyl (C=O) groups excluding carboxylic acids is 8. The number of hydrogen-bond acceptors (Lipinski definition) is 18. The van der Waals surface area contributed by atoms with Gasteiger partial charge in [-0.25, -0.2) is 13.8 Å². The van der Waals surface area contributed by atoms with Gasteiger partial charge in [0.15, 0.2) is 32.2 Å². The molecule has 12 fully saturated rings. The lowest BCUT2D eigenvalue weighted by Gasteiger charge is -2.69. The lowest BCUT2D eigenvalue weighted by atomic mass is 9.39. The Balaban J connectivity index is 0.000000139. The number of aryl methyl sites for hydroxylation is 3. The van der Waals surface area contributed by atoms with Crippen LogP contribution in [0.1, 0.15) is 148 Å². The molecule has 12 aliphatic carbocycles. The van der Waals surface area contributed by atoms with E-state index < -0.39 is 62.5 Å². The van der Waals surface area contributed by atoms with Crippen molar-refractivity contribution in [2.45, 2.75) is 179 Å². The van der Waals surface area contributed by atoms with Crippen LogP contribution in [0.2, 0.25) is 20.1 Å². The van der Waals surface area contributed by atoms with E-state index in [1.807, 2.05) is 50.4 Å². The normalized spacial score (nSPS) is 23.3. The highest BCUT2D eigenvalue weighted by atomic mass is 35.5. The predicted molar refractivity (Wildman–Crippen MR) is 458 cm³/mol. The number of aromatic nitrogens is 3. The molecule has 0 atom stereocenters. The maximum atomic E-state index is 13.5. The quantitative estimate of drug-likeness (QED) is 0.0182. The largest absolute Gasteiger partial charge is 0.484 e. The number of rotatable bonds is 32.